The Morgan fingerprint density at radius 1 is 1.42 bits per heavy atom. The molecule has 0 aliphatic heterocycles. The maximum atomic E-state index is 6.11. The van der Waals surface area contributed by atoms with E-state index in [-0.39, 0.29) is 11.5 Å². The zero-order chi connectivity index (χ0) is 13.7. The third-order valence-electron chi connectivity index (χ3n) is 5.86. The Bertz CT molecular complexity index is 488. The van der Waals surface area contributed by atoms with Crippen LogP contribution in [0.25, 0.3) is 0 Å². The summed E-state index contributed by atoms with van der Waals surface area (Å²) in [6.07, 6.45) is 5.65. The molecule has 3 atom stereocenters. The largest absolute Gasteiger partial charge is 0.460 e. The predicted octanol–water partition coefficient (Wildman–Crippen LogP) is 2.53. The van der Waals surface area contributed by atoms with Gasteiger partial charge < -0.3 is 10.5 Å². The van der Waals surface area contributed by atoms with Gasteiger partial charge in [0.15, 0.2) is 0 Å². The van der Waals surface area contributed by atoms with Gasteiger partial charge in [0.1, 0.15) is 6.10 Å². The number of fused-ring (bicyclic) bond motifs is 2. The molecule has 104 valence electrons. The van der Waals surface area contributed by atoms with Crippen LogP contribution in [0.3, 0.4) is 0 Å². The molecule has 2 aliphatic rings. The van der Waals surface area contributed by atoms with Gasteiger partial charge in [0.2, 0.25) is 0 Å². The first-order valence-electron chi connectivity index (χ1n) is 7.16. The van der Waals surface area contributed by atoms with E-state index in [9.17, 15) is 0 Å². The molecular formula is C15H23N3O. The van der Waals surface area contributed by atoms with Crippen LogP contribution in [0, 0.1) is 16.7 Å². The van der Waals surface area contributed by atoms with E-state index in [2.05, 4.69) is 30.7 Å². The van der Waals surface area contributed by atoms with Crippen LogP contribution in [-0.2, 0) is 6.54 Å². The number of rotatable bonds is 3. The zero-order valence-electron chi connectivity index (χ0n) is 12.0. The number of nitrogens with zero attached hydrogens (tertiary/aromatic N) is 2. The molecule has 1 heterocycles. The Labute approximate surface area is 114 Å². The average Bonchev–Trinajstić information content (AvgIpc) is 2.72. The molecular weight excluding hydrogens is 238 g/mol. The van der Waals surface area contributed by atoms with E-state index >= 15 is 0 Å². The van der Waals surface area contributed by atoms with Crippen molar-refractivity contribution in [2.45, 2.75) is 52.7 Å². The first kappa shape index (κ1) is 12.9. The van der Waals surface area contributed by atoms with Crippen LogP contribution in [0.2, 0.25) is 0 Å². The van der Waals surface area contributed by atoms with Gasteiger partial charge in [-0.25, -0.2) is 4.98 Å². The summed E-state index contributed by atoms with van der Waals surface area (Å²) < 4.78 is 6.11. The first-order valence-corrected chi connectivity index (χ1v) is 7.16. The van der Waals surface area contributed by atoms with E-state index in [0.29, 0.717) is 18.0 Å². The maximum absolute atomic E-state index is 6.11. The van der Waals surface area contributed by atoms with Gasteiger partial charge in [-0.05, 0) is 36.7 Å². The minimum absolute atomic E-state index is 0.231. The van der Waals surface area contributed by atoms with Crippen molar-refractivity contribution in [2.24, 2.45) is 22.5 Å². The van der Waals surface area contributed by atoms with Crippen molar-refractivity contribution in [3.8, 4) is 6.01 Å². The standard InChI is InChI=1S/C15H23N3O/c1-14(2)10-4-6-15(14,3)12(8-10)19-13-17-7-5-11(9-16)18-13/h5,7,10,12H,4,6,8-9,16H2,1-3H3. The molecule has 3 unspecified atom stereocenters. The molecule has 0 spiro atoms. The summed E-state index contributed by atoms with van der Waals surface area (Å²) in [6.45, 7) is 7.54. The van der Waals surface area contributed by atoms with Crippen LogP contribution in [0.1, 0.15) is 45.7 Å². The molecule has 2 fully saturated rings. The maximum Gasteiger partial charge on any atom is 0.316 e. The van der Waals surface area contributed by atoms with E-state index < -0.39 is 0 Å². The van der Waals surface area contributed by atoms with Gasteiger partial charge >= 0.3 is 6.01 Å². The number of ether oxygens (including phenoxy) is 1. The first-order chi connectivity index (χ1) is 8.97. The topological polar surface area (TPSA) is 61.0 Å². The van der Waals surface area contributed by atoms with E-state index in [1.54, 1.807) is 6.20 Å². The number of aromatic nitrogens is 2. The van der Waals surface area contributed by atoms with E-state index in [0.717, 1.165) is 18.0 Å². The summed E-state index contributed by atoms with van der Waals surface area (Å²) in [5.74, 6) is 0.764. The predicted molar refractivity (Wildman–Crippen MR) is 73.6 cm³/mol. The van der Waals surface area contributed by atoms with E-state index in [1.165, 1.54) is 12.8 Å². The Morgan fingerprint density at radius 2 is 2.21 bits per heavy atom. The lowest BCUT2D eigenvalue weighted by atomic mass is 9.70. The van der Waals surface area contributed by atoms with Gasteiger partial charge in [0.25, 0.3) is 0 Å². The molecule has 2 saturated carbocycles. The second-order valence-corrected chi connectivity index (χ2v) is 6.75. The third kappa shape index (κ3) is 1.76. The summed E-state index contributed by atoms with van der Waals surface area (Å²) in [5, 5.41) is 0. The average molecular weight is 261 g/mol. The molecule has 2 aliphatic carbocycles. The third-order valence-corrected chi connectivity index (χ3v) is 5.86. The van der Waals surface area contributed by atoms with Gasteiger partial charge in [-0.3, -0.25) is 0 Å². The van der Waals surface area contributed by atoms with Gasteiger partial charge in [0, 0.05) is 18.2 Å². The molecule has 2 N–H and O–H groups in total. The van der Waals surface area contributed by atoms with Crippen LogP contribution in [0.5, 0.6) is 6.01 Å². The second-order valence-electron chi connectivity index (χ2n) is 6.75. The Balaban J connectivity index is 1.82. The molecule has 0 radical (unpaired) electrons. The number of nitrogens with two attached hydrogens (primary N) is 1. The van der Waals surface area contributed by atoms with Crippen LogP contribution in [0.15, 0.2) is 12.3 Å². The Kier molecular flexibility index (Phi) is 2.82. The van der Waals surface area contributed by atoms with Crippen LogP contribution in [-0.4, -0.2) is 16.1 Å². The molecule has 3 rings (SSSR count). The zero-order valence-corrected chi connectivity index (χ0v) is 12.0. The van der Waals surface area contributed by atoms with Gasteiger partial charge in [-0.15, -0.1) is 0 Å². The fraction of sp³-hybridized carbons (Fsp3) is 0.733. The molecule has 0 aromatic carbocycles. The van der Waals surface area contributed by atoms with Crippen molar-refractivity contribution in [3.05, 3.63) is 18.0 Å². The van der Waals surface area contributed by atoms with Crippen molar-refractivity contribution in [1.29, 1.82) is 0 Å². The molecule has 0 saturated heterocycles. The lowest BCUT2D eigenvalue weighted by Gasteiger charge is -2.38. The SMILES string of the molecule is CC1(C)C2CCC1(C)C(Oc1nccc(CN)n1)C2. The molecule has 0 amide bonds. The minimum Gasteiger partial charge on any atom is -0.460 e. The molecule has 4 nitrogen and oxygen atoms in total. The summed E-state index contributed by atoms with van der Waals surface area (Å²) in [6, 6.07) is 2.32. The summed E-state index contributed by atoms with van der Waals surface area (Å²) >= 11 is 0. The molecule has 1 aromatic rings. The van der Waals surface area contributed by atoms with Gasteiger partial charge in [-0.1, -0.05) is 20.8 Å². The Morgan fingerprint density at radius 3 is 2.79 bits per heavy atom. The van der Waals surface area contributed by atoms with Crippen molar-refractivity contribution >= 4 is 0 Å². The molecule has 4 heteroatoms. The number of hydrogen-bond acceptors (Lipinski definition) is 4. The molecule has 1 aromatic heterocycles. The fourth-order valence-corrected chi connectivity index (χ4v) is 3.98. The van der Waals surface area contributed by atoms with Crippen LogP contribution in [0.4, 0.5) is 0 Å². The smallest absolute Gasteiger partial charge is 0.316 e. The number of hydrogen-bond donors (Lipinski definition) is 1. The highest BCUT2D eigenvalue weighted by Gasteiger charge is 2.62. The highest BCUT2D eigenvalue weighted by Crippen LogP contribution is 2.65. The summed E-state index contributed by atoms with van der Waals surface area (Å²) in [7, 11) is 0. The van der Waals surface area contributed by atoms with Crippen molar-refractivity contribution < 1.29 is 4.74 Å². The van der Waals surface area contributed by atoms with E-state index in [1.807, 2.05) is 6.07 Å². The normalized spacial score (nSPS) is 35.6. The quantitative estimate of drug-likeness (QED) is 0.908. The molecule has 2 bridgehead atoms. The van der Waals surface area contributed by atoms with Crippen molar-refractivity contribution in [3.63, 3.8) is 0 Å². The van der Waals surface area contributed by atoms with Gasteiger partial charge in [-0.2, -0.15) is 4.98 Å². The summed E-state index contributed by atoms with van der Waals surface area (Å²) in [4.78, 5) is 8.58. The van der Waals surface area contributed by atoms with E-state index in [4.69, 9.17) is 10.5 Å². The monoisotopic (exact) mass is 261 g/mol. The highest BCUT2D eigenvalue weighted by atomic mass is 16.5. The Hall–Kier alpha value is -1.16. The second kappa shape index (κ2) is 4.17. The highest BCUT2D eigenvalue weighted by molar-refractivity contribution is 5.14. The lowest BCUT2D eigenvalue weighted by Crippen LogP contribution is -2.39. The fourth-order valence-electron chi connectivity index (χ4n) is 3.98. The van der Waals surface area contributed by atoms with Crippen molar-refractivity contribution in [1.82, 2.24) is 9.97 Å². The minimum atomic E-state index is 0.231. The van der Waals surface area contributed by atoms with Crippen LogP contribution < -0.4 is 10.5 Å². The summed E-state index contributed by atoms with van der Waals surface area (Å²) in [5.41, 5.74) is 7.03. The van der Waals surface area contributed by atoms with Gasteiger partial charge in [0.05, 0.1) is 5.69 Å². The lowest BCUT2D eigenvalue weighted by molar-refractivity contribution is 0.0240. The van der Waals surface area contributed by atoms with Crippen LogP contribution >= 0.6 is 0 Å². The van der Waals surface area contributed by atoms with Crippen molar-refractivity contribution in [2.75, 3.05) is 0 Å². The molecule has 19 heavy (non-hydrogen) atoms.